The van der Waals surface area contributed by atoms with E-state index in [2.05, 4.69) is 39.2 Å². The molecule has 0 radical (unpaired) electrons. The van der Waals surface area contributed by atoms with E-state index in [1.807, 2.05) is 102 Å². The van der Waals surface area contributed by atoms with E-state index < -0.39 is 0 Å². The van der Waals surface area contributed by atoms with Crippen molar-refractivity contribution in [2.24, 2.45) is 0 Å². The van der Waals surface area contributed by atoms with Crippen LogP contribution in [0.15, 0.2) is 139 Å². The van der Waals surface area contributed by atoms with Crippen molar-refractivity contribution in [2.45, 2.75) is 0 Å². The number of aromatic nitrogens is 6. The van der Waals surface area contributed by atoms with Crippen molar-refractivity contribution in [3.8, 4) is 62.7 Å². The molecular weight excluding hydrogens is 1010 g/mol. The maximum Gasteiger partial charge on any atom is 2.00 e. The van der Waals surface area contributed by atoms with E-state index in [-0.39, 0.29) is 42.1 Å². The molecule has 254 valence electrons. The van der Waals surface area contributed by atoms with Crippen LogP contribution in [0.4, 0.5) is 0 Å². The second-order valence-corrected chi connectivity index (χ2v) is 11.1. The van der Waals surface area contributed by atoms with Crippen molar-refractivity contribution in [1.29, 1.82) is 0 Å². The molecule has 0 spiro atoms. The quantitative estimate of drug-likeness (QED) is 0.139. The van der Waals surface area contributed by atoms with Crippen molar-refractivity contribution < 1.29 is 56.0 Å². The van der Waals surface area contributed by atoms with Crippen LogP contribution in [0.5, 0.6) is 23.0 Å². The molecule has 9 rings (SSSR count). The summed E-state index contributed by atoms with van der Waals surface area (Å²) < 4.78 is 19.6. The molecule has 52 heavy (non-hydrogen) atoms. The fourth-order valence-electron chi connectivity index (χ4n) is 5.66. The molecule has 4 aromatic carbocycles. The average molecular weight is 1040 g/mol. The van der Waals surface area contributed by atoms with Crippen LogP contribution in [0.2, 0.25) is 0 Å². The molecular formula is C41H22N6O3Pt2. The number of benzene rings is 4. The number of pyridine rings is 2. The third kappa shape index (κ3) is 6.93. The Morgan fingerprint density at radius 3 is 1.52 bits per heavy atom. The molecule has 0 saturated carbocycles. The van der Waals surface area contributed by atoms with E-state index in [1.54, 1.807) is 31.1 Å². The SMILES string of the molecule is [Pt+2].[Pt+2].[c-]1c(Oc2[c-]c3c(cc2)c2ccc(Oc4[c-]c(-c5ccccn5)ccc4)[c-]c2n3-c2ncc(-c3cocn3)cn2)cccc1-c1ccccn1. The van der Waals surface area contributed by atoms with Crippen LogP contribution in [-0.2, 0) is 42.1 Å². The van der Waals surface area contributed by atoms with Crippen molar-refractivity contribution >= 4 is 21.8 Å². The van der Waals surface area contributed by atoms with E-state index in [0.29, 0.717) is 45.7 Å². The first-order valence-corrected chi connectivity index (χ1v) is 15.6. The zero-order valence-corrected chi connectivity index (χ0v) is 31.3. The average Bonchev–Trinajstić information content (AvgIpc) is 3.83. The van der Waals surface area contributed by atoms with Crippen LogP contribution >= 0.6 is 0 Å². The van der Waals surface area contributed by atoms with Gasteiger partial charge in [-0.25, -0.2) is 15.0 Å². The topological polar surface area (TPSA) is 101 Å². The van der Waals surface area contributed by atoms with E-state index in [9.17, 15) is 0 Å². The molecule has 0 unspecified atom stereocenters. The van der Waals surface area contributed by atoms with Crippen LogP contribution in [0.1, 0.15) is 0 Å². The van der Waals surface area contributed by atoms with Crippen molar-refractivity contribution in [3.05, 3.63) is 159 Å². The molecule has 0 aliphatic rings. The number of oxazole rings is 1. The van der Waals surface area contributed by atoms with Gasteiger partial charge >= 0.3 is 42.1 Å². The first-order valence-electron chi connectivity index (χ1n) is 15.6. The summed E-state index contributed by atoms with van der Waals surface area (Å²) in [6.45, 7) is 0. The Hall–Kier alpha value is -5.75. The first-order chi connectivity index (χ1) is 24.7. The Kier molecular flexibility index (Phi) is 10.2. The summed E-state index contributed by atoms with van der Waals surface area (Å²) in [4.78, 5) is 22.5. The largest absolute Gasteiger partial charge is 2.00 e. The third-order valence-electron chi connectivity index (χ3n) is 7.96. The zero-order valence-electron chi connectivity index (χ0n) is 26.7. The smallest absolute Gasteiger partial charge is 0.503 e. The van der Waals surface area contributed by atoms with Crippen molar-refractivity contribution in [3.63, 3.8) is 0 Å². The Morgan fingerprint density at radius 1 is 0.500 bits per heavy atom. The van der Waals surface area contributed by atoms with Gasteiger partial charge in [0.1, 0.15) is 12.0 Å². The molecule has 0 amide bonds. The minimum atomic E-state index is 0. The molecule has 0 aliphatic carbocycles. The molecule has 0 aliphatic heterocycles. The molecule has 0 atom stereocenters. The maximum absolute atomic E-state index is 6.30. The van der Waals surface area contributed by atoms with Crippen LogP contribution in [0, 0.1) is 24.3 Å². The molecule has 0 fully saturated rings. The molecule has 9 nitrogen and oxygen atoms in total. The van der Waals surface area contributed by atoms with Gasteiger partial charge in [-0.15, -0.1) is 71.8 Å². The first kappa shape index (κ1) is 34.7. The van der Waals surface area contributed by atoms with Gasteiger partial charge in [0, 0.05) is 53.3 Å². The van der Waals surface area contributed by atoms with Crippen molar-refractivity contribution in [2.75, 3.05) is 0 Å². The molecule has 0 N–H and O–H groups in total. The van der Waals surface area contributed by atoms with Gasteiger partial charge < -0.3 is 28.4 Å². The van der Waals surface area contributed by atoms with Gasteiger partial charge in [-0.05, 0) is 23.5 Å². The van der Waals surface area contributed by atoms with Gasteiger partial charge in [0.15, 0.2) is 6.39 Å². The zero-order chi connectivity index (χ0) is 33.3. The monoisotopic (exact) mass is 1040 g/mol. The summed E-state index contributed by atoms with van der Waals surface area (Å²) in [7, 11) is 0. The van der Waals surface area contributed by atoms with Gasteiger partial charge in [-0.1, -0.05) is 47.4 Å². The molecule has 5 heterocycles. The van der Waals surface area contributed by atoms with Gasteiger partial charge in [0.05, 0.1) is 0 Å². The Bertz CT molecular complexity index is 2460. The molecule has 9 aromatic rings. The minimum absolute atomic E-state index is 0. The Balaban J connectivity index is 0.00000210. The summed E-state index contributed by atoms with van der Waals surface area (Å²) in [5.41, 5.74) is 6.01. The molecule has 5 aromatic heterocycles. The number of rotatable bonds is 8. The van der Waals surface area contributed by atoms with E-state index in [4.69, 9.17) is 23.9 Å². The minimum Gasteiger partial charge on any atom is -0.503 e. The van der Waals surface area contributed by atoms with Crippen LogP contribution < -0.4 is 9.47 Å². The summed E-state index contributed by atoms with van der Waals surface area (Å²) >= 11 is 0. The number of fused-ring (bicyclic) bond motifs is 3. The summed E-state index contributed by atoms with van der Waals surface area (Å²) in [6, 6.07) is 44.2. The Labute approximate surface area is 326 Å². The van der Waals surface area contributed by atoms with Crippen LogP contribution in [0.3, 0.4) is 0 Å². The predicted octanol–water partition coefficient (Wildman–Crippen LogP) is 9.13. The second kappa shape index (κ2) is 15.2. The fraction of sp³-hybridized carbons (Fsp3) is 0. The van der Waals surface area contributed by atoms with E-state index in [1.165, 1.54) is 6.39 Å². The standard InChI is InChI=1S/C41H22N6O3.2Pt/c1-3-17-42-36(11-1)27-7-5-9-30(19-27)49-32-13-15-34-35-16-14-33(50-31-10-6-8-28(20-31)37-12-2-4-18-43-37)22-40(35)47(39(34)21-32)41-44-23-29(24-45-41)38-25-48-26-46-38;;/h1-18,23-26H;;/q-4;2*+2. The number of hydrogen-bond donors (Lipinski definition) is 0. The molecule has 11 heteroatoms. The third-order valence-corrected chi connectivity index (χ3v) is 7.96. The van der Waals surface area contributed by atoms with Gasteiger partial charge in [0.25, 0.3) is 0 Å². The fourth-order valence-corrected chi connectivity index (χ4v) is 5.66. The molecule has 0 bridgehead atoms. The van der Waals surface area contributed by atoms with Gasteiger partial charge in [-0.2, -0.15) is 22.9 Å². The number of hydrogen-bond acceptors (Lipinski definition) is 8. The van der Waals surface area contributed by atoms with Gasteiger partial charge in [-0.3, -0.25) is 0 Å². The summed E-state index contributed by atoms with van der Waals surface area (Å²) in [5.74, 6) is 2.46. The van der Waals surface area contributed by atoms with Gasteiger partial charge in [0.2, 0.25) is 5.95 Å². The predicted molar refractivity (Wildman–Crippen MR) is 187 cm³/mol. The normalized spacial score (nSPS) is 10.8. The maximum atomic E-state index is 6.30. The number of nitrogens with zero attached hydrogens (tertiary/aromatic N) is 6. The summed E-state index contributed by atoms with van der Waals surface area (Å²) in [5, 5.41) is 1.82. The second-order valence-electron chi connectivity index (χ2n) is 11.1. The number of ether oxygens (including phenoxy) is 2. The van der Waals surface area contributed by atoms with Crippen LogP contribution in [0.25, 0.3) is 61.5 Å². The van der Waals surface area contributed by atoms with Crippen molar-refractivity contribution in [1.82, 2.24) is 29.5 Å². The summed E-state index contributed by atoms with van der Waals surface area (Å²) in [6.07, 6.45) is 9.83. The van der Waals surface area contributed by atoms with E-state index >= 15 is 0 Å². The molecule has 0 saturated heterocycles. The van der Waals surface area contributed by atoms with Crippen LogP contribution in [-0.4, -0.2) is 29.5 Å². The Morgan fingerprint density at radius 2 is 1.04 bits per heavy atom. The van der Waals surface area contributed by atoms with E-state index in [0.717, 1.165) is 38.9 Å².